The second-order valence-electron chi connectivity index (χ2n) is 3.06. The third-order valence-corrected chi connectivity index (χ3v) is 1.88. The van der Waals surface area contributed by atoms with Gasteiger partial charge in [0.2, 0.25) is 0 Å². The van der Waals surface area contributed by atoms with Crippen molar-refractivity contribution >= 4 is 5.91 Å². The lowest BCUT2D eigenvalue weighted by Gasteiger charge is -2.28. The molecule has 1 aliphatic heterocycles. The number of nitrogens with one attached hydrogen (secondary N) is 3. The lowest BCUT2D eigenvalue weighted by molar-refractivity contribution is -0.173. The molecule has 1 fully saturated rings. The highest BCUT2D eigenvalue weighted by Gasteiger charge is 2.38. The van der Waals surface area contributed by atoms with E-state index in [0.29, 0.717) is 12.6 Å². The van der Waals surface area contributed by atoms with Gasteiger partial charge in [-0.3, -0.25) is 4.79 Å². The van der Waals surface area contributed by atoms with Crippen molar-refractivity contribution < 1.29 is 18.0 Å². The van der Waals surface area contributed by atoms with E-state index in [1.165, 1.54) is 0 Å². The maximum atomic E-state index is 11.7. The molecule has 3 N–H and O–H groups in total. The molecule has 0 spiro atoms. The molecule has 0 atom stereocenters. The van der Waals surface area contributed by atoms with Crippen molar-refractivity contribution in [2.75, 3.05) is 26.2 Å². The van der Waals surface area contributed by atoms with Crippen LogP contribution in [-0.4, -0.2) is 44.3 Å². The van der Waals surface area contributed by atoms with Crippen LogP contribution in [0.4, 0.5) is 13.2 Å². The lowest BCUT2D eigenvalue weighted by Crippen LogP contribution is -2.56. The minimum absolute atomic E-state index is 0.00512. The van der Waals surface area contributed by atoms with Crippen molar-refractivity contribution in [3.8, 4) is 0 Å². The van der Waals surface area contributed by atoms with Crippen LogP contribution in [0, 0.1) is 0 Å². The molecule has 0 radical (unpaired) electrons. The van der Waals surface area contributed by atoms with Gasteiger partial charge in [-0.1, -0.05) is 0 Å². The van der Waals surface area contributed by atoms with Gasteiger partial charge in [-0.15, -0.1) is 0 Å². The normalized spacial score (nSPS) is 17.6. The SMILES string of the molecule is O=C(NCCNC1CNC1)C(F)(F)F. The van der Waals surface area contributed by atoms with E-state index in [9.17, 15) is 18.0 Å². The van der Waals surface area contributed by atoms with E-state index in [2.05, 4.69) is 10.6 Å². The Morgan fingerprint density at radius 2 is 2.00 bits per heavy atom. The van der Waals surface area contributed by atoms with Gasteiger partial charge in [0, 0.05) is 32.2 Å². The van der Waals surface area contributed by atoms with Crippen molar-refractivity contribution in [1.82, 2.24) is 16.0 Å². The Morgan fingerprint density at radius 1 is 1.36 bits per heavy atom. The van der Waals surface area contributed by atoms with Crippen molar-refractivity contribution in [2.45, 2.75) is 12.2 Å². The number of carbonyl (C=O) groups is 1. The van der Waals surface area contributed by atoms with Gasteiger partial charge in [-0.25, -0.2) is 0 Å². The molecule has 0 saturated carbocycles. The van der Waals surface area contributed by atoms with E-state index in [1.54, 1.807) is 5.32 Å². The molecule has 0 aliphatic carbocycles. The van der Waals surface area contributed by atoms with Gasteiger partial charge in [-0.2, -0.15) is 13.2 Å². The summed E-state index contributed by atoms with van der Waals surface area (Å²) in [4.78, 5) is 10.3. The van der Waals surface area contributed by atoms with Crippen LogP contribution in [0.2, 0.25) is 0 Å². The third-order valence-electron chi connectivity index (χ3n) is 1.88. The van der Waals surface area contributed by atoms with E-state index in [1.807, 2.05) is 0 Å². The molecule has 1 rings (SSSR count). The van der Waals surface area contributed by atoms with Crippen molar-refractivity contribution in [1.29, 1.82) is 0 Å². The fraction of sp³-hybridized carbons (Fsp3) is 0.857. The van der Waals surface area contributed by atoms with Gasteiger partial charge in [0.25, 0.3) is 0 Å². The van der Waals surface area contributed by atoms with E-state index in [0.717, 1.165) is 13.1 Å². The van der Waals surface area contributed by atoms with Crippen LogP contribution in [0.15, 0.2) is 0 Å². The number of hydrogen-bond donors (Lipinski definition) is 3. The van der Waals surface area contributed by atoms with E-state index in [4.69, 9.17) is 0 Å². The molecule has 82 valence electrons. The van der Waals surface area contributed by atoms with Crippen LogP contribution in [-0.2, 0) is 4.79 Å². The van der Waals surface area contributed by atoms with Crippen LogP contribution < -0.4 is 16.0 Å². The zero-order valence-corrected chi connectivity index (χ0v) is 7.45. The molecule has 1 amide bonds. The molecule has 0 aromatic rings. The van der Waals surface area contributed by atoms with Crippen molar-refractivity contribution in [2.24, 2.45) is 0 Å². The molecule has 1 aliphatic rings. The van der Waals surface area contributed by atoms with E-state index >= 15 is 0 Å². The summed E-state index contributed by atoms with van der Waals surface area (Å²) in [6.45, 7) is 2.00. The molecule has 0 aromatic heterocycles. The quantitative estimate of drug-likeness (QED) is 0.535. The average molecular weight is 211 g/mol. The number of hydrogen-bond acceptors (Lipinski definition) is 3. The van der Waals surface area contributed by atoms with E-state index < -0.39 is 12.1 Å². The molecule has 14 heavy (non-hydrogen) atoms. The number of halogens is 3. The largest absolute Gasteiger partial charge is 0.471 e. The van der Waals surface area contributed by atoms with Gasteiger partial charge in [0.15, 0.2) is 0 Å². The minimum Gasteiger partial charge on any atom is -0.347 e. The van der Waals surface area contributed by atoms with Crippen LogP contribution in [0.3, 0.4) is 0 Å². The standard InChI is InChI=1S/C7H12F3N3O/c8-7(9,10)6(14)13-2-1-12-5-3-11-4-5/h5,11-12H,1-4H2,(H,13,14). The Kier molecular flexibility index (Phi) is 3.70. The Hall–Kier alpha value is -0.820. The predicted molar refractivity (Wildman–Crippen MR) is 43.7 cm³/mol. The van der Waals surface area contributed by atoms with Gasteiger partial charge < -0.3 is 16.0 Å². The summed E-state index contributed by atoms with van der Waals surface area (Å²) in [5.74, 6) is -1.88. The van der Waals surface area contributed by atoms with E-state index in [-0.39, 0.29) is 6.54 Å². The molecule has 0 bridgehead atoms. The Morgan fingerprint density at radius 3 is 2.43 bits per heavy atom. The molecular weight excluding hydrogens is 199 g/mol. The molecular formula is C7H12F3N3O. The van der Waals surface area contributed by atoms with Crippen LogP contribution in [0.5, 0.6) is 0 Å². The lowest BCUT2D eigenvalue weighted by atomic mass is 10.2. The number of alkyl halides is 3. The summed E-state index contributed by atoms with van der Waals surface area (Å²) in [7, 11) is 0. The first kappa shape index (κ1) is 11.3. The Balaban J connectivity index is 2.00. The monoisotopic (exact) mass is 211 g/mol. The summed E-state index contributed by atoms with van der Waals surface area (Å²) >= 11 is 0. The number of carbonyl (C=O) groups excluding carboxylic acids is 1. The van der Waals surface area contributed by atoms with Gasteiger partial charge in [0.05, 0.1) is 0 Å². The summed E-state index contributed by atoms with van der Waals surface area (Å²) in [5.41, 5.74) is 0. The highest BCUT2D eigenvalue weighted by molar-refractivity contribution is 5.81. The van der Waals surface area contributed by atoms with Crippen LogP contribution in [0.25, 0.3) is 0 Å². The van der Waals surface area contributed by atoms with Gasteiger partial charge >= 0.3 is 12.1 Å². The first-order valence-corrected chi connectivity index (χ1v) is 4.29. The minimum atomic E-state index is -4.78. The highest BCUT2D eigenvalue weighted by atomic mass is 19.4. The zero-order chi connectivity index (χ0) is 10.6. The summed E-state index contributed by atoms with van der Waals surface area (Å²) < 4.78 is 35.0. The number of rotatable bonds is 4. The maximum absolute atomic E-state index is 11.7. The molecule has 1 saturated heterocycles. The molecule has 1 heterocycles. The second-order valence-corrected chi connectivity index (χ2v) is 3.06. The fourth-order valence-corrected chi connectivity index (χ4v) is 0.986. The third kappa shape index (κ3) is 3.51. The molecule has 0 aromatic carbocycles. The Bertz CT molecular complexity index is 203. The average Bonchev–Trinajstić information content (AvgIpc) is 1.98. The predicted octanol–water partition coefficient (Wildman–Crippen LogP) is -0.774. The molecule has 0 unspecified atom stereocenters. The maximum Gasteiger partial charge on any atom is 0.471 e. The first-order chi connectivity index (χ1) is 6.50. The van der Waals surface area contributed by atoms with Crippen molar-refractivity contribution in [3.05, 3.63) is 0 Å². The van der Waals surface area contributed by atoms with Crippen molar-refractivity contribution in [3.63, 3.8) is 0 Å². The highest BCUT2D eigenvalue weighted by Crippen LogP contribution is 2.13. The topological polar surface area (TPSA) is 53.2 Å². The van der Waals surface area contributed by atoms with Gasteiger partial charge in [0.1, 0.15) is 0 Å². The van der Waals surface area contributed by atoms with Crippen LogP contribution in [0.1, 0.15) is 0 Å². The number of amides is 1. The first-order valence-electron chi connectivity index (χ1n) is 4.29. The van der Waals surface area contributed by atoms with Gasteiger partial charge in [-0.05, 0) is 0 Å². The fourth-order valence-electron chi connectivity index (χ4n) is 0.986. The van der Waals surface area contributed by atoms with Crippen LogP contribution >= 0.6 is 0 Å². The molecule has 7 heteroatoms. The Labute approximate surface area is 79.2 Å². The summed E-state index contributed by atoms with van der Waals surface area (Å²) in [6, 6.07) is 0.317. The second kappa shape index (κ2) is 4.61. The molecule has 4 nitrogen and oxygen atoms in total. The zero-order valence-electron chi connectivity index (χ0n) is 7.45. The summed E-state index contributed by atoms with van der Waals surface area (Å²) in [5, 5.41) is 7.77. The smallest absolute Gasteiger partial charge is 0.347 e. The summed E-state index contributed by atoms with van der Waals surface area (Å²) in [6.07, 6.45) is -4.78.